The third-order valence-electron chi connectivity index (χ3n) is 4.49. The molecule has 0 aromatic carbocycles. The molecule has 2 unspecified atom stereocenters. The molecule has 0 aliphatic carbocycles. The summed E-state index contributed by atoms with van der Waals surface area (Å²) in [7, 11) is 0. The van der Waals surface area contributed by atoms with Crippen molar-refractivity contribution >= 4 is 11.8 Å². The first kappa shape index (κ1) is 17.4. The zero-order valence-electron chi connectivity index (χ0n) is 13.5. The molecule has 1 nitrogen and oxygen atoms in total. The third kappa shape index (κ3) is 7.04. The van der Waals surface area contributed by atoms with E-state index in [0.717, 1.165) is 11.3 Å². The van der Waals surface area contributed by atoms with Crippen molar-refractivity contribution in [3.05, 3.63) is 0 Å². The zero-order valence-corrected chi connectivity index (χ0v) is 14.3. The minimum absolute atomic E-state index is 0.836. The molecule has 1 heterocycles. The molecule has 0 spiro atoms. The highest BCUT2D eigenvalue weighted by atomic mass is 32.2. The second-order valence-electron chi connectivity index (χ2n) is 6.06. The Morgan fingerprint density at radius 3 is 2.21 bits per heavy atom. The van der Waals surface area contributed by atoms with Gasteiger partial charge in [0.05, 0.1) is 0 Å². The Labute approximate surface area is 125 Å². The Morgan fingerprint density at radius 1 is 0.947 bits per heavy atom. The van der Waals surface area contributed by atoms with Gasteiger partial charge in [0, 0.05) is 23.6 Å². The van der Waals surface area contributed by atoms with Crippen LogP contribution in [0.25, 0.3) is 0 Å². The topological polar surface area (TPSA) is 3.24 Å². The van der Waals surface area contributed by atoms with Gasteiger partial charge < -0.3 is 0 Å². The quantitative estimate of drug-likeness (QED) is 0.498. The van der Waals surface area contributed by atoms with Gasteiger partial charge in [0.1, 0.15) is 0 Å². The number of nitrogens with zero attached hydrogens (tertiary/aromatic N) is 1. The highest BCUT2D eigenvalue weighted by Crippen LogP contribution is 2.26. The summed E-state index contributed by atoms with van der Waals surface area (Å²) in [6, 6.07) is 0.836. The Kier molecular flexibility index (Phi) is 10.1. The maximum Gasteiger partial charge on any atom is 0.0209 e. The summed E-state index contributed by atoms with van der Waals surface area (Å²) < 4.78 is 0. The summed E-state index contributed by atoms with van der Waals surface area (Å²) in [6.07, 6.45) is 12.8. The minimum Gasteiger partial charge on any atom is -0.298 e. The van der Waals surface area contributed by atoms with Crippen LogP contribution >= 0.6 is 11.8 Å². The smallest absolute Gasteiger partial charge is 0.0209 e. The van der Waals surface area contributed by atoms with Gasteiger partial charge in [-0.1, -0.05) is 65.7 Å². The highest BCUT2D eigenvalue weighted by Gasteiger charge is 2.26. The molecule has 0 N–H and O–H groups in total. The maximum absolute atomic E-state index is 2.76. The van der Waals surface area contributed by atoms with Gasteiger partial charge in [0.15, 0.2) is 0 Å². The minimum atomic E-state index is 0.836. The molecule has 114 valence electrons. The van der Waals surface area contributed by atoms with Crippen LogP contribution in [0.15, 0.2) is 0 Å². The van der Waals surface area contributed by atoms with Crippen LogP contribution in [0.1, 0.15) is 78.6 Å². The van der Waals surface area contributed by atoms with E-state index >= 15 is 0 Å². The summed E-state index contributed by atoms with van der Waals surface area (Å²) in [5.41, 5.74) is 0. The molecule has 1 fully saturated rings. The van der Waals surface area contributed by atoms with E-state index in [2.05, 4.69) is 37.4 Å². The molecule has 0 saturated carbocycles. The molecule has 2 heteroatoms. The van der Waals surface area contributed by atoms with Crippen LogP contribution in [0.4, 0.5) is 0 Å². The van der Waals surface area contributed by atoms with E-state index < -0.39 is 0 Å². The Bertz CT molecular complexity index is 207. The number of hydrogen-bond acceptors (Lipinski definition) is 2. The largest absolute Gasteiger partial charge is 0.298 e. The molecule has 1 aliphatic rings. The van der Waals surface area contributed by atoms with Crippen molar-refractivity contribution in [3.8, 4) is 0 Å². The number of hydrogen-bond donors (Lipinski definition) is 0. The fourth-order valence-electron chi connectivity index (χ4n) is 3.25. The van der Waals surface area contributed by atoms with Crippen LogP contribution < -0.4 is 0 Å². The lowest BCUT2D eigenvalue weighted by molar-refractivity contribution is 0.190. The van der Waals surface area contributed by atoms with Gasteiger partial charge in [-0.2, -0.15) is 11.8 Å². The maximum atomic E-state index is 2.76. The van der Waals surface area contributed by atoms with Crippen LogP contribution in [-0.4, -0.2) is 35.0 Å². The fourth-order valence-corrected chi connectivity index (χ4v) is 4.54. The lowest BCUT2D eigenvalue weighted by atomic mass is 10.1. The lowest BCUT2D eigenvalue weighted by Gasteiger charge is -2.39. The standard InChI is InChI=1S/C17H35NS/c1-4-6-7-8-9-10-11-12-13-18-14-15-19-16(3)17(18)5-2/h16-17H,4-15H2,1-3H3. The number of rotatable bonds is 10. The summed E-state index contributed by atoms with van der Waals surface area (Å²) in [5, 5.41) is 0.841. The Morgan fingerprint density at radius 2 is 1.58 bits per heavy atom. The second kappa shape index (κ2) is 11.0. The third-order valence-corrected chi connectivity index (χ3v) is 5.75. The molecule has 1 aliphatic heterocycles. The van der Waals surface area contributed by atoms with Crippen molar-refractivity contribution < 1.29 is 0 Å². The lowest BCUT2D eigenvalue weighted by Crippen LogP contribution is -2.46. The van der Waals surface area contributed by atoms with E-state index in [-0.39, 0.29) is 0 Å². The van der Waals surface area contributed by atoms with E-state index in [4.69, 9.17) is 0 Å². The Balaban J connectivity index is 2.01. The van der Waals surface area contributed by atoms with Crippen molar-refractivity contribution in [3.63, 3.8) is 0 Å². The molecule has 0 aromatic rings. The van der Waals surface area contributed by atoms with Crippen LogP contribution in [0, 0.1) is 0 Å². The van der Waals surface area contributed by atoms with Crippen molar-refractivity contribution in [2.75, 3.05) is 18.8 Å². The van der Waals surface area contributed by atoms with E-state index in [1.807, 2.05) is 0 Å². The fraction of sp³-hybridized carbons (Fsp3) is 1.00. The molecule has 1 saturated heterocycles. The van der Waals surface area contributed by atoms with Crippen molar-refractivity contribution in [1.29, 1.82) is 0 Å². The van der Waals surface area contributed by atoms with E-state index in [9.17, 15) is 0 Å². The SMILES string of the molecule is CCCCCCCCCCN1CCSC(C)C1CC. The van der Waals surface area contributed by atoms with Crippen molar-refractivity contribution in [2.24, 2.45) is 0 Å². The van der Waals surface area contributed by atoms with Gasteiger partial charge in [-0.25, -0.2) is 0 Å². The molecule has 1 rings (SSSR count). The molecular weight excluding hydrogens is 250 g/mol. The summed E-state index contributed by atoms with van der Waals surface area (Å²) >= 11 is 2.17. The average molecular weight is 286 g/mol. The Hall–Kier alpha value is 0.310. The zero-order chi connectivity index (χ0) is 13.9. The van der Waals surface area contributed by atoms with Crippen molar-refractivity contribution in [2.45, 2.75) is 89.9 Å². The second-order valence-corrected chi connectivity index (χ2v) is 7.55. The molecule has 0 radical (unpaired) electrons. The van der Waals surface area contributed by atoms with E-state index in [0.29, 0.717) is 0 Å². The van der Waals surface area contributed by atoms with Gasteiger partial charge in [0.25, 0.3) is 0 Å². The molecule has 0 bridgehead atoms. The summed E-state index contributed by atoms with van der Waals surface area (Å²) in [6.45, 7) is 9.73. The molecule has 19 heavy (non-hydrogen) atoms. The first-order valence-electron chi connectivity index (χ1n) is 8.65. The normalized spacial score (nSPS) is 24.8. The van der Waals surface area contributed by atoms with Crippen molar-refractivity contribution in [1.82, 2.24) is 4.90 Å². The van der Waals surface area contributed by atoms with Gasteiger partial charge in [0.2, 0.25) is 0 Å². The van der Waals surface area contributed by atoms with Gasteiger partial charge in [-0.3, -0.25) is 4.90 Å². The van der Waals surface area contributed by atoms with Crippen LogP contribution in [-0.2, 0) is 0 Å². The first-order valence-corrected chi connectivity index (χ1v) is 9.70. The van der Waals surface area contributed by atoms with Gasteiger partial charge in [-0.15, -0.1) is 0 Å². The number of unbranched alkanes of at least 4 members (excludes halogenated alkanes) is 7. The highest BCUT2D eigenvalue weighted by molar-refractivity contribution is 8.00. The monoisotopic (exact) mass is 285 g/mol. The first-order chi connectivity index (χ1) is 9.29. The molecular formula is C17H35NS. The van der Waals surface area contributed by atoms with E-state index in [1.54, 1.807) is 0 Å². The van der Waals surface area contributed by atoms with Crippen LogP contribution in [0.5, 0.6) is 0 Å². The predicted octanol–water partition coefficient (Wildman–Crippen LogP) is 5.34. The summed E-state index contributed by atoms with van der Waals surface area (Å²) in [4.78, 5) is 2.76. The summed E-state index contributed by atoms with van der Waals surface area (Å²) in [5.74, 6) is 1.34. The predicted molar refractivity (Wildman–Crippen MR) is 90.2 cm³/mol. The van der Waals surface area contributed by atoms with Gasteiger partial charge >= 0.3 is 0 Å². The average Bonchev–Trinajstić information content (AvgIpc) is 2.42. The van der Waals surface area contributed by atoms with Crippen LogP contribution in [0.3, 0.4) is 0 Å². The molecule has 0 amide bonds. The molecule has 2 atom stereocenters. The van der Waals surface area contributed by atoms with Gasteiger partial charge in [-0.05, 0) is 19.4 Å². The van der Waals surface area contributed by atoms with Crippen LogP contribution in [0.2, 0.25) is 0 Å². The van der Waals surface area contributed by atoms with E-state index in [1.165, 1.54) is 76.6 Å². The molecule has 0 aromatic heterocycles. The number of thioether (sulfide) groups is 1.